The van der Waals surface area contributed by atoms with Gasteiger partial charge >= 0.3 is 0 Å². The van der Waals surface area contributed by atoms with E-state index in [-0.39, 0.29) is 6.61 Å². The number of fused-ring (bicyclic) bond motifs is 1. The van der Waals surface area contributed by atoms with Crippen molar-refractivity contribution in [1.82, 2.24) is 9.97 Å². The fraction of sp³-hybridized carbons (Fsp3) is 0.533. The van der Waals surface area contributed by atoms with Crippen molar-refractivity contribution in [2.45, 2.75) is 26.7 Å². The number of aromatic nitrogens is 2. The molecule has 0 aliphatic heterocycles. The Kier molecular flexibility index (Phi) is 4.80. The zero-order valence-corrected chi connectivity index (χ0v) is 11.7. The summed E-state index contributed by atoms with van der Waals surface area (Å²) in [6, 6.07) is 8.00. The lowest BCUT2D eigenvalue weighted by molar-refractivity contribution is 0.247. The molecule has 0 saturated carbocycles. The summed E-state index contributed by atoms with van der Waals surface area (Å²) in [6.07, 6.45) is 1.96. The second kappa shape index (κ2) is 6.57. The molecule has 0 fully saturated rings. The summed E-state index contributed by atoms with van der Waals surface area (Å²) in [7, 11) is 0. The van der Waals surface area contributed by atoms with E-state index in [9.17, 15) is 0 Å². The molecule has 19 heavy (non-hydrogen) atoms. The van der Waals surface area contributed by atoms with Crippen LogP contribution in [-0.4, -0.2) is 28.2 Å². The first-order chi connectivity index (χ1) is 9.19. The van der Waals surface area contributed by atoms with Crippen LogP contribution < -0.4 is 5.32 Å². The molecule has 2 aromatic rings. The number of rotatable bonds is 7. The van der Waals surface area contributed by atoms with Crippen molar-refractivity contribution in [3.8, 4) is 0 Å². The molecule has 1 aromatic heterocycles. The predicted octanol–water partition coefficient (Wildman–Crippen LogP) is 3.02. The fourth-order valence-corrected chi connectivity index (χ4v) is 2.43. The van der Waals surface area contributed by atoms with E-state index < -0.39 is 0 Å². The highest BCUT2D eigenvalue weighted by Gasteiger charge is 2.11. The smallest absolute Gasteiger partial charge is 0.201 e. The number of benzene rings is 1. The van der Waals surface area contributed by atoms with E-state index in [1.54, 1.807) is 0 Å². The first-order valence-electron chi connectivity index (χ1n) is 6.98. The molecule has 0 bridgehead atoms. The van der Waals surface area contributed by atoms with Crippen molar-refractivity contribution in [2.75, 3.05) is 18.5 Å². The van der Waals surface area contributed by atoms with Gasteiger partial charge in [0.05, 0.1) is 11.0 Å². The largest absolute Gasteiger partial charge is 0.396 e. The number of imidazole rings is 1. The Balaban J connectivity index is 1.95. The number of anilines is 1. The number of nitrogens with zero attached hydrogens (tertiary/aromatic N) is 1. The molecule has 1 aromatic carbocycles. The minimum atomic E-state index is 0.249. The van der Waals surface area contributed by atoms with Crippen LogP contribution in [-0.2, 0) is 0 Å². The Labute approximate surface area is 114 Å². The molecule has 0 saturated heterocycles. The zero-order valence-electron chi connectivity index (χ0n) is 11.7. The molecule has 0 radical (unpaired) electrons. The average Bonchev–Trinajstić information content (AvgIpc) is 2.78. The van der Waals surface area contributed by atoms with Gasteiger partial charge in [-0.25, -0.2) is 4.98 Å². The SMILES string of the molecule is CC(C)CC(CCO)CNc1nc2ccccc2[nH]1. The number of para-hydroxylation sites is 2. The van der Waals surface area contributed by atoms with Crippen LogP contribution in [0.25, 0.3) is 11.0 Å². The van der Waals surface area contributed by atoms with E-state index >= 15 is 0 Å². The lowest BCUT2D eigenvalue weighted by Gasteiger charge is -2.18. The Bertz CT molecular complexity index is 474. The van der Waals surface area contributed by atoms with Gasteiger partial charge in [-0.3, -0.25) is 0 Å². The van der Waals surface area contributed by atoms with Crippen LogP contribution >= 0.6 is 0 Å². The normalized spacial score (nSPS) is 13.1. The number of hydrogen-bond acceptors (Lipinski definition) is 3. The van der Waals surface area contributed by atoms with Crippen molar-refractivity contribution in [2.24, 2.45) is 11.8 Å². The van der Waals surface area contributed by atoms with Gasteiger partial charge in [0.15, 0.2) is 0 Å². The Morgan fingerprint density at radius 2 is 2.11 bits per heavy atom. The van der Waals surface area contributed by atoms with Gasteiger partial charge in [-0.05, 0) is 36.8 Å². The third kappa shape index (κ3) is 3.96. The van der Waals surface area contributed by atoms with Gasteiger partial charge in [0.25, 0.3) is 0 Å². The maximum Gasteiger partial charge on any atom is 0.201 e. The summed E-state index contributed by atoms with van der Waals surface area (Å²) in [4.78, 5) is 7.76. The minimum absolute atomic E-state index is 0.249. The van der Waals surface area contributed by atoms with Crippen LogP contribution in [0, 0.1) is 11.8 Å². The minimum Gasteiger partial charge on any atom is -0.396 e. The van der Waals surface area contributed by atoms with Gasteiger partial charge in [0.2, 0.25) is 5.95 Å². The molecule has 4 nitrogen and oxygen atoms in total. The van der Waals surface area contributed by atoms with E-state index in [0.717, 1.165) is 36.4 Å². The number of nitrogens with one attached hydrogen (secondary N) is 2. The Morgan fingerprint density at radius 3 is 2.79 bits per heavy atom. The van der Waals surface area contributed by atoms with E-state index in [1.165, 1.54) is 0 Å². The number of aliphatic hydroxyl groups excluding tert-OH is 1. The number of aromatic amines is 1. The molecule has 4 heteroatoms. The first kappa shape index (κ1) is 13.9. The summed E-state index contributed by atoms with van der Waals surface area (Å²) < 4.78 is 0. The zero-order chi connectivity index (χ0) is 13.7. The summed E-state index contributed by atoms with van der Waals surface area (Å²) in [6.45, 7) is 5.52. The van der Waals surface area contributed by atoms with Gasteiger partial charge in [-0.15, -0.1) is 0 Å². The second-order valence-electron chi connectivity index (χ2n) is 5.49. The predicted molar refractivity (Wildman–Crippen MR) is 79.2 cm³/mol. The molecule has 3 N–H and O–H groups in total. The van der Waals surface area contributed by atoms with Gasteiger partial charge in [-0.2, -0.15) is 0 Å². The molecule has 0 aliphatic carbocycles. The molecule has 2 rings (SSSR count). The van der Waals surface area contributed by atoms with Crippen LogP contribution in [0.4, 0.5) is 5.95 Å². The first-order valence-corrected chi connectivity index (χ1v) is 6.98. The number of hydrogen-bond donors (Lipinski definition) is 3. The molecule has 1 unspecified atom stereocenters. The standard InChI is InChI=1S/C15H23N3O/c1-11(2)9-12(7-8-19)10-16-15-17-13-5-3-4-6-14(13)18-15/h3-6,11-12,19H,7-10H2,1-2H3,(H2,16,17,18). The highest BCUT2D eigenvalue weighted by molar-refractivity contribution is 5.77. The van der Waals surface area contributed by atoms with Gasteiger partial charge < -0.3 is 15.4 Å². The third-order valence-electron chi connectivity index (χ3n) is 3.29. The number of aliphatic hydroxyl groups is 1. The monoisotopic (exact) mass is 261 g/mol. The highest BCUT2D eigenvalue weighted by atomic mass is 16.3. The molecule has 0 amide bonds. The summed E-state index contributed by atoms with van der Waals surface area (Å²) in [5, 5.41) is 12.5. The maximum atomic E-state index is 9.11. The van der Waals surface area contributed by atoms with Crippen LogP contribution in [0.1, 0.15) is 26.7 Å². The molecule has 1 atom stereocenters. The fourth-order valence-electron chi connectivity index (χ4n) is 2.43. The van der Waals surface area contributed by atoms with Crippen molar-refractivity contribution < 1.29 is 5.11 Å². The highest BCUT2D eigenvalue weighted by Crippen LogP contribution is 2.17. The van der Waals surface area contributed by atoms with Crippen LogP contribution in [0.15, 0.2) is 24.3 Å². The van der Waals surface area contributed by atoms with Crippen molar-refractivity contribution >= 4 is 17.0 Å². The molecule has 104 valence electrons. The van der Waals surface area contributed by atoms with Crippen LogP contribution in [0.3, 0.4) is 0 Å². The van der Waals surface area contributed by atoms with Gasteiger partial charge in [0, 0.05) is 13.2 Å². The van der Waals surface area contributed by atoms with Crippen molar-refractivity contribution in [3.63, 3.8) is 0 Å². The Hall–Kier alpha value is -1.55. The molecular formula is C15H23N3O. The molecule has 0 aliphatic rings. The van der Waals surface area contributed by atoms with Crippen LogP contribution in [0.5, 0.6) is 0 Å². The topological polar surface area (TPSA) is 60.9 Å². The van der Waals surface area contributed by atoms with Crippen molar-refractivity contribution in [3.05, 3.63) is 24.3 Å². The Morgan fingerprint density at radius 1 is 1.32 bits per heavy atom. The van der Waals surface area contributed by atoms with Crippen LogP contribution in [0.2, 0.25) is 0 Å². The van der Waals surface area contributed by atoms with E-state index in [4.69, 9.17) is 5.11 Å². The third-order valence-corrected chi connectivity index (χ3v) is 3.29. The van der Waals surface area contributed by atoms with E-state index in [0.29, 0.717) is 11.8 Å². The number of H-pyrrole nitrogens is 1. The summed E-state index contributed by atoms with van der Waals surface area (Å²) in [5.41, 5.74) is 2.03. The molecule has 1 heterocycles. The summed E-state index contributed by atoms with van der Waals surface area (Å²) in [5.74, 6) is 1.94. The van der Waals surface area contributed by atoms with E-state index in [2.05, 4.69) is 29.1 Å². The summed E-state index contributed by atoms with van der Waals surface area (Å²) >= 11 is 0. The lowest BCUT2D eigenvalue weighted by atomic mass is 9.94. The van der Waals surface area contributed by atoms with Gasteiger partial charge in [0.1, 0.15) is 0 Å². The average molecular weight is 261 g/mol. The van der Waals surface area contributed by atoms with E-state index in [1.807, 2.05) is 24.3 Å². The van der Waals surface area contributed by atoms with Gasteiger partial charge in [-0.1, -0.05) is 26.0 Å². The maximum absolute atomic E-state index is 9.11. The lowest BCUT2D eigenvalue weighted by Crippen LogP contribution is -2.18. The van der Waals surface area contributed by atoms with Crippen molar-refractivity contribution in [1.29, 1.82) is 0 Å². The second-order valence-corrected chi connectivity index (χ2v) is 5.49. The molecular weight excluding hydrogens is 238 g/mol. The quantitative estimate of drug-likeness (QED) is 0.718. The molecule has 0 spiro atoms.